The zero-order valence-electron chi connectivity index (χ0n) is 23.6. The van der Waals surface area contributed by atoms with Gasteiger partial charge in [-0.3, -0.25) is 33.7 Å². The van der Waals surface area contributed by atoms with E-state index in [1.54, 1.807) is 24.3 Å². The van der Waals surface area contributed by atoms with E-state index in [0.717, 1.165) is 5.56 Å². The van der Waals surface area contributed by atoms with Crippen molar-refractivity contribution in [2.75, 3.05) is 20.1 Å². The van der Waals surface area contributed by atoms with Crippen molar-refractivity contribution in [1.29, 1.82) is 0 Å². The Hall–Kier alpha value is -3.99. The minimum atomic E-state index is -1.20. The first-order valence-electron chi connectivity index (χ1n) is 13.7. The third kappa shape index (κ3) is 8.26. The van der Waals surface area contributed by atoms with Crippen molar-refractivity contribution < 1.29 is 28.8 Å². The number of fused-ring (bicyclic) bond motifs is 1. The van der Waals surface area contributed by atoms with Crippen LogP contribution < -0.4 is 10.6 Å². The second-order valence-corrected chi connectivity index (χ2v) is 11.0. The Balaban J connectivity index is 1.63. The molecule has 10 nitrogen and oxygen atoms in total. The number of hydrogen-bond donors (Lipinski definition) is 2. The van der Waals surface area contributed by atoms with Crippen LogP contribution >= 0.6 is 11.8 Å². The van der Waals surface area contributed by atoms with E-state index in [2.05, 4.69) is 10.6 Å². The first kappa shape index (κ1) is 31.5. The first-order valence-corrected chi connectivity index (χ1v) is 14.5. The maximum atomic E-state index is 13.7. The van der Waals surface area contributed by atoms with Crippen molar-refractivity contribution >= 4 is 46.4 Å². The van der Waals surface area contributed by atoms with Crippen molar-refractivity contribution in [1.82, 2.24) is 20.4 Å². The molecule has 0 aromatic heterocycles. The number of amides is 5. The van der Waals surface area contributed by atoms with Gasteiger partial charge in [0.2, 0.25) is 11.8 Å². The van der Waals surface area contributed by atoms with Crippen LogP contribution in [0.5, 0.6) is 0 Å². The van der Waals surface area contributed by atoms with Crippen LogP contribution in [0.25, 0.3) is 0 Å². The summed E-state index contributed by atoms with van der Waals surface area (Å²) in [6, 6.07) is 15.1. The molecule has 0 aliphatic carbocycles. The molecule has 0 unspecified atom stereocenters. The predicted molar refractivity (Wildman–Crippen MR) is 156 cm³/mol. The summed E-state index contributed by atoms with van der Waals surface area (Å²) in [6.07, 6.45) is 1.63. The van der Waals surface area contributed by atoms with Crippen LogP contribution in [0.15, 0.2) is 54.6 Å². The molecule has 11 heteroatoms. The molecule has 0 radical (unpaired) electrons. The largest absolute Gasteiger partial charge is 0.357 e. The highest BCUT2D eigenvalue weighted by molar-refractivity contribution is 8.14. The van der Waals surface area contributed by atoms with Gasteiger partial charge in [0, 0.05) is 39.9 Å². The molecule has 0 saturated carbocycles. The Bertz CT molecular complexity index is 1250. The van der Waals surface area contributed by atoms with Gasteiger partial charge < -0.3 is 15.5 Å². The first-order chi connectivity index (χ1) is 19.7. The van der Waals surface area contributed by atoms with Gasteiger partial charge in [-0.25, -0.2) is 0 Å². The number of carbonyl (C=O) groups excluding carboxylic acids is 6. The lowest BCUT2D eigenvalue weighted by Gasteiger charge is -2.33. The van der Waals surface area contributed by atoms with E-state index in [-0.39, 0.29) is 48.8 Å². The molecule has 2 aromatic rings. The van der Waals surface area contributed by atoms with Gasteiger partial charge in [-0.1, -0.05) is 61.2 Å². The van der Waals surface area contributed by atoms with Crippen LogP contribution in [0.1, 0.15) is 65.8 Å². The van der Waals surface area contributed by atoms with E-state index in [1.165, 1.54) is 23.8 Å². The van der Waals surface area contributed by atoms with Gasteiger partial charge in [-0.15, -0.1) is 0 Å². The van der Waals surface area contributed by atoms with Gasteiger partial charge in [0.1, 0.15) is 6.04 Å². The highest BCUT2D eigenvalue weighted by Gasteiger charge is 2.36. The van der Waals surface area contributed by atoms with E-state index in [9.17, 15) is 28.8 Å². The van der Waals surface area contributed by atoms with E-state index in [1.807, 2.05) is 37.3 Å². The molecule has 2 N–H and O–H groups in total. The zero-order valence-corrected chi connectivity index (χ0v) is 24.4. The minimum Gasteiger partial charge on any atom is -0.357 e. The number of benzene rings is 2. The Morgan fingerprint density at radius 3 is 2.10 bits per heavy atom. The van der Waals surface area contributed by atoms with Gasteiger partial charge in [-0.2, -0.15) is 0 Å². The molecule has 1 aliphatic rings. The minimum absolute atomic E-state index is 0.0298. The van der Waals surface area contributed by atoms with Crippen LogP contribution in [0, 0.1) is 0 Å². The molecule has 1 heterocycles. The van der Waals surface area contributed by atoms with Gasteiger partial charge in [0.15, 0.2) is 10.5 Å². The lowest BCUT2D eigenvalue weighted by molar-refractivity contribution is -0.141. The molecule has 2 atom stereocenters. The van der Waals surface area contributed by atoms with Gasteiger partial charge in [0.05, 0.1) is 11.1 Å². The molecule has 0 fully saturated rings. The number of carbonyl (C=O) groups is 6. The molecule has 0 saturated heterocycles. The fraction of sp³-hybridized carbons (Fsp3) is 0.400. The molecule has 2 aromatic carbocycles. The van der Waals surface area contributed by atoms with Crippen molar-refractivity contribution in [3.63, 3.8) is 0 Å². The highest BCUT2D eigenvalue weighted by atomic mass is 32.2. The summed E-state index contributed by atoms with van der Waals surface area (Å²) in [5.41, 5.74) is 1.61. The van der Waals surface area contributed by atoms with E-state index in [0.29, 0.717) is 42.2 Å². The molecular weight excluding hydrogens is 544 g/mol. The second-order valence-electron chi connectivity index (χ2n) is 9.67. The van der Waals surface area contributed by atoms with Crippen LogP contribution in [0.2, 0.25) is 0 Å². The molecule has 0 bridgehead atoms. The molecule has 5 amide bonds. The summed E-state index contributed by atoms with van der Waals surface area (Å²) in [5, 5.41) is 3.72. The fourth-order valence-corrected chi connectivity index (χ4v) is 5.44. The average molecular weight is 581 g/mol. The molecule has 0 spiro atoms. The number of thioether (sulfide) groups is 1. The van der Waals surface area contributed by atoms with Crippen molar-refractivity contribution in [2.45, 2.75) is 57.4 Å². The molecule has 1 aliphatic heterocycles. The Kier molecular flexibility index (Phi) is 11.6. The maximum Gasteiger partial charge on any atom is 0.261 e. The fourth-order valence-electron chi connectivity index (χ4n) is 4.68. The summed E-state index contributed by atoms with van der Waals surface area (Å²) in [5.74, 6) is -2.03. The second kappa shape index (κ2) is 15.1. The third-order valence-electron chi connectivity index (χ3n) is 6.66. The van der Waals surface area contributed by atoms with Crippen molar-refractivity contribution in [2.24, 2.45) is 0 Å². The number of hydrogen-bond acceptors (Lipinski definition) is 7. The van der Waals surface area contributed by atoms with E-state index in [4.69, 9.17) is 0 Å². The average Bonchev–Trinajstić information content (AvgIpc) is 3.21. The standard InChI is InChI=1S/C30H36N4O6S/c1-4-17-33(24(26(37)31-3)19-21-12-6-5-7-13-21)30(40)27(41-20(2)35)32-25(36)16-10-11-18-34-28(38)22-14-8-9-15-23(22)29(34)39/h5-9,12-15,24,27H,4,10-11,16-19H2,1-3H3,(H,31,37)(H,32,36)/t24-,27-/m0/s1. The Morgan fingerprint density at radius 1 is 0.927 bits per heavy atom. The lowest BCUT2D eigenvalue weighted by atomic mass is 10.0. The van der Waals surface area contributed by atoms with Crippen LogP contribution in [-0.4, -0.2) is 76.0 Å². The number of rotatable bonds is 14. The smallest absolute Gasteiger partial charge is 0.261 e. The van der Waals surface area contributed by atoms with Crippen LogP contribution in [0.3, 0.4) is 0 Å². The number of nitrogens with zero attached hydrogens (tertiary/aromatic N) is 2. The summed E-state index contributed by atoms with van der Waals surface area (Å²) in [6.45, 7) is 3.62. The third-order valence-corrected chi connectivity index (χ3v) is 7.55. The number of imide groups is 1. The Morgan fingerprint density at radius 2 is 1.54 bits per heavy atom. The summed E-state index contributed by atoms with van der Waals surface area (Å²) in [4.78, 5) is 79.1. The highest BCUT2D eigenvalue weighted by Crippen LogP contribution is 2.23. The summed E-state index contributed by atoms with van der Waals surface area (Å²) >= 11 is 0.695. The molecule has 41 heavy (non-hydrogen) atoms. The van der Waals surface area contributed by atoms with E-state index < -0.39 is 23.2 Å². The molecular formula is C30H36N4O6S. The number of unbranched alkanes of at least 4 members (excludes halogenated alkanes) is 1. The van der Waals surface area contributed by atoms with Gasteiger partial charge >= 0.3 is 0 Å². The van der Waals surface area contributed by atoms with E-state index >= 15 is 0 Å². The number of likely N-dealkylation sites (N-methyl/N-ethyl adjacent to an activating group) is 1. The molecule has 218 valence electrons. The lowest BCUT2D eigenvalue weighted by Crippen LogP contribution is -2.55. The number of nitrogens with one attached hydrogen (secondary N) is 2. The summed E-state index contributed by atoms with van der Waals surface area (Å²) in [7, 11) is 1.50. The topological polar surface area (TPSA) is 133 Å². The SMILES string of the molecule is CCCN(C(=O)[C@@H](NC(=O)CCCCN1C(=O)c2ccccc2C1=O)SC(C)=O)[C@@H](Cc1ccccc1)C(=O)NC. The van der Waals surface area contributed by atoms with Gasteiger partial charge in [-0.05, 0) is 37.0 Å². The van der Waals surface area contributed by atoms with Crippen molar-refractivity contribution in [3.8, 4) is 0 Å². The molecule has 3 rings (SSSR count). The van der Waals surface area contributed by atoms with Crippen LogP contribution in [-0.2, 0) is 25.6 Å². The zero-order chi connectivity index (χ0) is 29.9. The Labute approximate surface area is 244 Å². The van der Waals surface area contributed by atoms with Gasteiger partial charge in [0.25, 0.3) is 17.7 Å². The predicted octanol–water partition coefficient (Wildman–Crippen LogP) is 2.77. The van der Waals surface area contributed by atoms with Crippen LogP contribution in [0.4, 0.5) is 0 Å². The monoisotopic (exact) mass is 580 g/mol. The maximum absolute atomic E-state index is 13.7. The quantitative estimate of drug-likeness (QED) is 0.199. The summed E-state index contributed by atoms with van der Waals surface area (Å²) < 4.78 is 0. The normalized spacial score (nSPS) is 13.8. The van der Waals surface area contributed by atoms with Crippen molar-refractivity contribution in [3.05, 3.63) is 71.3 Å².